The van der Waals surface area contributed by atoms with Gasteiger partial charge in [-0.1, -0.05) is 36.8 Å². The number of carbonyl (C=O) groups excluding carboxylic acids is 2. The number of carbonyl (C=O) groups is 2. The first-order chi connectivity index (χ1) is 27.2. The van der Waals surface area contributed by atoms with Gasteiger partial charge >= 0.3 is 0 Å². The van der Waals surface area contributed by atoms with E-state index in [0.717, 1.165) is 70.8 Å². The van der Waals surface area contributed by atoms with E-state index in [1.54, 1.807) is 0 Å². The normalized spacial score (nSPS) is 44.1. The number of fused-ring (bicyclic) bond motifs is 10. The molecule has 0 bridgehead atoms. The lowest BCUT2D eigenvalue weighted by Crippen LogP contribution is -2.58. The van der Waals surface area contributed by atoms with Gasteiger partial charge in [0.25, 0.3) is 0 Å². The SMILES string of the molecule is CC#C[C@]1(O)CC[C@H]2[C@@H]3CCC4=CC(=O)CC[C@]4(CO)[C@H]3CC[C@@]21C.CC#C[C@]1(O[Si](C)(C)C)CC[C@H]2[C@@H]3CCC4=CC(=O)CC[C@]4(CO[Si](C)(C)C)[C@H]3CC[C@@]21C. The predicted octanol–water partition coefficient (Wildman–Crippen LogP) is 10.2. The molecule has 0 radical (unpaired) electrons. The van der Waals surface area contributed by atoms with E-state index in [9.17, 15) is 19.8 Å². The van der Waals surface area contributed by atoms with E-state index < -0.39 is 22.2 Å². The first kappa shape index (κ1) is 44.3. The standard InChI is InChI=1S/C28H46O3Si2.C22H30O3/c1-9-15-28(31-33(6,7)8)18-14-24-23-11-10-21-19-22(29)12-17-27(21,20-30-32(3,4)5)25(23)13-16-26(24,28)2;1-3-9-22(25)12-8-18-17-5-4-15-13-16(24)6-11-21(15,14-23)19(17)7-10-20(18,22)2/h19,23-25H,10-14,16-18,20H2,1-8H3;13,17-19,23,25H,4-8,10-12,14H2,1-2H3/t23-,24-,25-,26-,27+,28-;17-,18-,19-,20-,21+,22-/m00/s1. The lowest BCUT2D eigenvalue weighted by molar-refractivity contribution is -0.123. The van der Waals surface area contributed by atoms with Crippen molar-refractivity contribution in [3.05, 3.63) is 23.3 Å². The molecule has 0 aliphatic heterocycles. The van der Waals surface area contributed by atoms with Gasteiger partial charge in [0.15, 0.2) is 28.2 Å². The van der Waals surface area contributed by atoms with Crippen molar-refractivity contribution < 1.29 is 28.7 Å². The van der Waals surface area contributed by atoms with Crippen molar-refractivity contribution in [1.29, 1.82) is 0 Å². The summed E-state index contributed by atoms with van der Waals surface area (Å²) in [5.41, 5.74) is 1.33. The Kier molecular flexibility index (Phi) is 11.9. The van der Waals surface area contributed by atoms with Gasteiger partial charge in [-0.05, 0) is 191 Å². The van der Waals surface area contributed by atoms with Gasteiger partial charge in [-0.15, -0.1) is 11.8 Å². The van der Waals surface area contributed by atoms with Gasteiger partial charge in [0.05, 0.1) is 6.61 Å². The molecule has 12 atom stereocenters. The molecule has 0 spiro atoms. The lowest BCUT2D eigenvalue weighted by Gasteiger charge is -2.60. The fraction of sp³-hybridized carbons (Fsp3) is 0.800. The van der Waals surface area contributed by atoms with Crippen molar-refractivity contribution in [2.75, 3.05) is 13.2 Å². The minimum absolute atomic E-state index is 0.0692. The van der Waals surface area contributed by atoms with Crippen LogP contribution in [0.25, 0.3) is 0 Å². The first-order valence-corrected chi connectivity index (χ1v) is 30.0. The van der Waals surface area contributed by atoms with Crippen LogP contribution in [0.3, 0.4) is 0 Å². The highest BCUT2D eigenvalue weighted by molar-refractivity contribution is 6.70. The third kappa shape index (κ3) is 7.18. The van der Waals surface area contributed by atoms with E-state index in [2.05, 4.69) is 76.8 Å². The molecule has 8 aliphatic rings. The van der Waals surface area contributed by atoms with E-state index in [4.69, 9.17) is 8.85 Å². The first-order valence-electron chi connectivity index (χ1n) is 23.2. The van der Waals surface area contributed by atoms with E-state index in [-0.39, 0.29) is 39.7 Å². The molecule has 0 aromatic carbocycles. The third-order valence-corrected chi connectivity index (χ3v) is 19.8. The molecule has 0 amide bonds. The second-order valence-electron chi connectivity index (χ2n) is 22.6. The molecule has 58 heavy (non-hydrogen) atoms. The fourth-order valence-electron chi connectivity index (χ4n) is 15.2. The maximum Gasteiger partial charge on any atom is 0.185 e. The van der Waals surface area contributed by atoms with Crippen LogP contribution in [0.2, 0.25) is 39.3 Å². The molecule has 8 aliphatic carbocycles. The molecule has 8 heteroatoms. The van der Waals surface area contributed by atoms with Crippen LogP contribution in [-0.2, 0) is 18.4 Å². The molecule has 6 nitrogen and oxygen atoms in total. The van der Waals surface area contributed by atoms with Gasteiger partial charge < -0.3 is 19.1 Å². The van der Waals surface area contributed by atoms with E-state index in [0.29, 0.717) is 54.1 Å². The summed E-state index contributed by atoms with van der Waals surface area (Å²) in [6.45, 7) is 23.3. The van der Waals surface area contributed by atoms with Crippen LogP contribution in [0.5, 0.6) is 0 Å². The molecule has 0 unspecified atom stereocenters. The molecule has 8 rings (SSSR count). The van der Waals surface area contributed by atoms with Gasteiger partial charge in [0.2, 0.25) is 0 Å². The number of rotatable bonds is 6. The van der Waals surface area contributed by atoms with E-state index >= 15 is 0 Å². The number of ketones is 2. The zero-order valence-corrected chi connectivity index (χ0v) is 39.9. The molecule has 0 aromatic heterocycles. The van der Waals surface area contributed by atoms with Gasteiger partial charge in [0.1, 0.15) is 11.2 Å². The van der Waals surface area contributed by atoms with Crippen LogP contribution in [0.4, 0.5) is 0 Å². The van der Waals surface area contributed by atoms with Crippen molar-refractivity contribution in [2.45, 2.75) is 181 Å². The third-order valence-electron chi connectivity index (χ3n) is 17.8. The summed E-state index contributed by atoms with van der Waals surface area (Å²) in [4.78, 5) is 24.3. The molecule has 0 aromatic rings. The Balaban J connectivity index is 0.000000183. The minimum atomic E-state index is -1.75. The van der Waals surface area contributed by atoms with Crippen molar-refractivity contribution in [2.24, 2.45) is 57.2 Å². The number of aliphatic hydroxyl groups excluding tert-OH is 1. The van der Waals surface area contributed by atoms with Gasteiger partial charge in [-0.3, -0.25) is 9.59 Å². The van der Waals surface area contributed by atoms with Gasteiger partial charge in [-0.2, -0.15) is 0 Å². The predicted molar refractivity (Wildman–Crippen MR) is 237 cm³/mol. The summed E-state index contributed by atoms with van der Waals surface area (Å²) >= 11 is 0. The quantitative estimate of drug-likeness (QED) is 0.205. The highest BCUT2D eigenvalue weighted by Gasteiger charge is 2.67. The molecular formula is C50H76O6Si2. The van der Waals surface area contributed by atoms with Crippen molar-refractivity contribution in [1.82, 2.24) is 0 Å². The second kappa shape index (κ2) is 15.5. The molecule has 0 heterocycles. The monoisotopic (exact) mass is 829 g/mol. The molecule has 6 saturated carbocycles. The van der Waals surface area contributed by atoms with Crippen molar-refractivity contribution >= 4 is 28.2 Å². The van der Waals surface area contributed by atoms with E-state index in [1.165, 1.54) is 36.8 Å². The average Bonchev–Trinajstić information content (AvgIpc) is 3.58. The Hall–Kier alpha value is -1.79. The maximum absolute atomic E-state index is 12.4. The molecule has 0 saturated heterocycles. The Bertz CT molecular complexity index is 1830. The number of hydrogen-bond acceptors (Lipinski definition) is 6. The summed E-state index contributed by atoms with van der Waals surface area (Å²) in [6.07, 6.45) is 19.7. The summed E-state index contributed by atoms with van der Waals surface area (Å²) in [5.74, 6) is 17.0. The lowest BCUT2D eigenvalue weighted by atomic mass is 9.46. The molecular weight excluding hydrogens is 753 g/mol. The summed E-state index contributed by atoms with van der Waals surface area (Å²) < 4.78 is 13.6. The smallest absolute Gasteiger partial charge is 0.185 e. The Morgan fingerprint density at radius 2 is 1.14 bits per heavy atom. The summed E-state index contributed by atoms with van der Waals surface area (Å²) in [6, 6.07) is 0. The summed E-state index contributed by atoms with van der Waals surface area (Å²) in [7, 11) is -3.39. The van der Waals surface area contributed by atoms with E-state index in [1.807, 2.05) is 26.0 Å². The van der Waals surface area contributed by atoms with Gasteiger partial charge in [-0.25, -0.2) is 0 Å². The molecule has 320 valence electrons. The van der Waals surface area contributed by atoms with Crippen LogP contribution in [0, 0.1) is 80.8 Å². The minimum Gasteiger partial charge on any atom is -0.417 e. The zero-order valence-electron chi connectivity index (χ0n) is 37.9. The largest absolute Gasteiger partial charge is 0.417 e. The van der Waals surface area contributed by atoms with Crippen LogP contribution < -0.4 is 0 Å². The zero-order chi connectivity index (χ0) is 42.2. The van der Waals surface area contributed by atoms with Gasteiger partial charge in [0, 0.05) is 41.1 Å². The second-order valence-corrected chi connectivity index (χ2v) is 31.6. The highest BCUT2D eigenvalue weighted by atomic mass is 28.4. The number of hydrogen-bond donors (Lipinski definition) is 2. The topological polar surface area (TPSA) is 93.1 Å². The average molecular weight is 829 g/mol. The van der Waals surface area contributed by atoms with Crippen molar-refractivity contribution in [3.8, 4) is 23.7 Å². The molecule has 6 fully saturated rings. The van der Waals surface area contributed by atoms with Crippen LogP contribution in [-0.4, -0.2) is 62.8 Å². The Morgan fingerprint density at radius 1 is 0.638 bits per heavy atom. The van der Waals surface area contributed by atoms with Crippen LogP contribution in [0.1, 0.15) is 130 Å². The Morgan fingerprint density at radius 3 is 1.69 bits per heavy atom. The highest BCUT2D eigenvalue weighted by Crippen LogP contribution is 2.70. The maximum atomic E-state index is 12.4. The van der Waals surface area contributed by atoms with Crippen LogP contribution >= 0.6 is 0 Å². The van der Waals surface area contributed by atoms with Crippen LogP contribution in [0.15, 0.2) is 23.3 Å². The summed E-state index contributed by atoms with van der Waals surface area (Å²) in [5, 5.41) is 21.6. The van der Waals surface area contributed by atoms with Crippen molar-refractivity contribution in [3.63, 3.8) is 0 Å². The molecule has 2 N–H and O–H groups in total. The Labute approximate surface area is 353 Å². The number of aliphatic hydroxyl groups is 2. The fourth-order valence-corrected chi connectivity index (χ4v) is 17.3.